The molecule has 12 nitrogen and oxygen atoms in total. The SMILES string of the molecule is c1cn(OB(On2ccnn2)On2ccnn2)nn1. The quantitative estimate of drug-likeness (QED) is 0.432. The van der Waals surface area contributed by atoms with Gasteiger partial charge in [-0.15, -0.1) is 15.3 Å². The highest BCUT2D eigenvalue weighted by molar-refractivity contribution is 6.37. The molecular formula is C6H6BN9O3. The molecule has 3 aromatic heterocycles. The predicted molar refractivity (Wildman–Crippen MR) is 55.6 cm³/mol. The van der Waals surface area contributed by atoms with Crippen LogP contribution in [0.15, 0.2) is 37.2 Å². The third-order valence-corrected chi connectivity index (χ3v) is 1.78. The van der Waals surface area contributed by atoms with Crippen molar-refractivity contribution in [1.29, 1.82) is 0 Å². The van der Waals surface area contributed by atoms with Gasteiger partial charge in [0.05, 0.1) is 37.2 Å². The molecule has 0 spiro atoms. The van der Waals surface area contributed by atoms with Crippen LogP contribution in [0.4, 0.5) is 0 Å². The maximum atomic E-state index is 5.22. The highest BCUT2D eigenvalue weighted by atomic mass is 16.9. The monoisotopic (exact) mass is 263 g/mol. The number of hydrogen-bond acceptors (Lipinski definition) is 9. The molecule has 0 saturated carbocycles. The lowest BCUT2D eigenvalue weighted by molar-refractivity contribution is 0.0361. The van der Waals surface area contributed by atoms with Crippen LogP contribution in [-0.2, 0) is 0 Å². The zero-order chi connectivity index (χ0) is 12.9. The summed E-state index contributed by atoms with van der Waals surface area (Å²) >= 11 is 0. The highest BCUT2D eigenvalue weighted by Crippen LogP contribution is 1.85. The summed E-state index contributed by atoms with van der Waals surface area (Å²) in [4.78, 5) is 3.16. The van der Waals surface area contributed by atoms with Gasteiger partial charge in [-0.3, -0.25) is 0 Å². The first kappa shape index (κ1) is 11.0. The van der Waals surface area contributed by atoms with Gasteiger partial charge in [0.2, 0.25) is 0 Å². The summed E-state index contributed by atoms with van der Waals surface area (Å²) in [5.74, 6) is 0. The minimum atomic E-state index is -1.23. The molecule has 96 valence electrons. The lowest BCUT2D eigenvalue weighted by Crippen LogP contribution is -2.49. The predicted octanol–water partition coefficient (Wildman–Crippen LogP) is -2.87. The Labute approximate surface area is 105 Å². The van der Waals surface area contributed by atoms with Crippen LogP contribution in [0, 0.1) is 0 Å². The molecule has 0 aliphatic carbocycles. The van der Waals surface area contributed by atoms with Crippen molar-refractivity contribution in [1.82, 2.24) is 45.5 Å². The number of aromatic nitrogens is 9. The minimum absolute atomic E-state index is 1.05. The number of rotatable bonds is 6. The van der Waals surface area contributed by atoms with E-state index in [4.69, 9.17) is 14.3 Å². The summed E-state index contributed by atoms with van der Waals surface area (Å²) in [6.45, 7) is 0. The molecule has 0 saturated heterocycles. The molecule has 3 heterocycles. The number of hydrogen-bond donors (Lipinski definition) is 0. The first-order chi connectivity index (χ1) is 9.40. The Balaban J connectivity index is 1.70. The highest BCUT2D eigenvalue weighted by Gasteiger charge is 2.34. The molecule has 13 heteroatoms. The Hall–Kier alpha value is -3.12. The average molecular weight is 263 g/mol. The van der Waals surface area contributed by atoms with Gasteiger partial charge in [0.25, 0.3) is 0 Å². The van der Waals surface area contributed by atoms with E-state index in [-0.39, 0.29) is 0 Å². The van der Waals surface area contributed by atoms with E-state index in [9.17, 15) is 0 Å². The van der Waals surface area contributed by atoms with E-state index in [1.165, 1.54) is 37.2 Å². The number of nitrogens with zero attached hydrogens (tertiary/aromatic N) is 9. The van der Waals surface area contributed by atoms with Crippen LogP contribution in [0.1, 0.15) is 0 Å². The molecule has 19 heavy (non-hydrogen) atoms. The van der Waals surface area contributed by atoms with Crippen molar-refractivity contribution in [3.63, 3.8) is 0 Å². The van der Waals surface area contributed by atoms with Crippen LogP contribution in [0.25, 0.3) is 0 Å². The van der Waals surface area contributed by atoms with Gasteiger partial charge >= 0.3 is 7.32 Å². The zero-order valence-corrected chi connectivity index (χ0v) is 9.29. The van der Waals surface area contributed by atoms with Gasteiger partial charge in [-0.1, -0.05) is 14.5 Å². The smallest absolute Gasteiger partial charge is 0.379 e. The van der Waals surface area contributed by atoms with Crippen LogP contribution in [0.3, 0.4) is 0 Å². The molecule has 3 aromatic rings. The fraction of sp³-hybridized carbons (Fsp3) is 0. The zero-order valence-electron chi connectivity index (χ0n) is 9.29. The van der Waals surface area contributed by atoms with E-state index in [1.807, 2.05) is 0 Å². The summed E-state index contributed by atoms with van der Waals surface area (Å²) in [5.41, 5.74) is 0. The van der Waals surface area contributed by atoms with E-state index >= 15 is 0 Å². The Morgan fingerprint density at radius 1 is 0.632 bits per heavy atom. The van der Waals surface area contributed by atoms with Crippen molar-refractivity contribution in [3.05, 3.63) is 37.2 Å². The minimum Gasteiger partial charge on any atom is -0.379 e. The van der Waals surface area contributed by atoms with Gasteiger partial charge in [0.1, 0.15) is 0 Å². The first-order valence-corrected chi connectivity index (χ1v) is 5.00. The molecule has 0 aromatic carbocycles. The second kappa shape index (κ2) is 5.03. The Morgan fingerprint density at radius 2 is 1.00 bits per heavy atom. The molecule has 0 atom stereocenters. The molecule has 0 aliphatic rings. The van der Waals surface area contributed by atoms with E-state index in [0.29, 0.717) is 0 Å². The van der Waals surface area contributed by atoms with Gasteiger partial charge in [0, 0.05) is 0 Å². The van der Waals surface area contributed by atoms with Gasteiger partial charge in [0.15, 0.2) is 0 Å². The van der Waals surface area contributed by atoms with Gasteiger partial charge < -0.3 is 14.3 Å². The summed E-state index contributed by atoms with van der Waals surface area (Å²) in [5, 5.41) is 21.6. The lowest BCUT2D eigenvalue weighted by Gasteiger charge is -2.12. The van der Waals surface area contributed by atoms with Crippen molar-refractivity contribution >= 4 is 7.32 Å². The van der Waals surface area contributed by atoms with Crippen molar-refractivity contribution in [3.8, 4) is 0 Å². The summed E-state index contributed by atoms with van der Waals surface area (Å²) < 4.78 is 15.7. The van der Waals surface area contributed by atoms with Crippen LogP contribution < -0.4 is 14.3 Å². The molecule has 3 rings (SSSR count). The second-order valence-electron chi connectivity index (χ2n) is 3.02. The lowest BCUT2D eigenvalue weighted by atomic mass is 10.3. The van der Waals surface area contributed by atoms with E-state index in [2.05, 4.69) is 30.9 Å². The fourth-order valence-electron chi connectivity index (χ4n) is 1.08. The average Bonchev–Trinajstić information content (AvgIpc) is 3.10. The fourth-order valence-corrected chi connectivity index (χ4v) is 1.08. The van der Waals surface area contributed by atoms with Crippen molar-refractivity contribution in [2.45, 2.75) is 0 Å². The first-order valence-electron chi connectivity index (χ1n) is 5.00. The maximum absolute atomic E-state index is 5.22. The van der Waals surface area contributed by atoms with Crippen molar-refractivity contribution in [2.75, 3.05) is 0 Å². The molecule has 0 N–H and O–H groups in total. The second-order valence-corrected chi connectivity index (χ2v) is 3.02. The summed E-state index contributed by atoms with van der Waals surface area (Å²) in [7, 11) is -1.23. The van der Waals surface area contributed by atoms with E-state index < -0.39 is 7.32 Å². The Morgan fingerprint density at radius 3 is 1.26 bits per heavy atom. The molecule has 0 aliphatic heterocycles. The molecule has 0 radical (unpaired) electrons. The summed E-state index contributed by atoms with van der Waals surface area (Å²) in [6.07, 6.45) is 8.68. The van der Waals surface area contributed by atoms with E-state index in [1.54, 1.807) is 0 Å². The summed E-state index contributed by atoms with van der Waals surface area (Å²) in [6, 6.07) is 0. The third-order valence-electron chi connectivity index (χ3n) is 1.78. The van der Waals surface area contributed by atoms with Crippen LogP contribution in [0.5, 0.6) is 0 Å². The largest absolute Gasteiger partial charge is 0.929 e. The molecule has 0 amide bonds. The Kier molecular flexibility index (Phi) is 2.91. The van der Waals surface area contributed by atoms with Crippen molar-refractivity contribution < 1.29 is 14.3 Å². The normalized spacial score (nSPS) is 10.1. The third kappa shape index (κ3) is 2.77. The maximum Gasteiger partial charge on any atom is 0.929 e. The Bertz CT molecular complexity index is 495. The van der Waals surface area contributed by atoms with Gasteiger partial charge in [-0.25, -0.2) is 0 Å². The standard InChI is InChI=1S/C6H6BN9O3/c1-4-14(11-8-1)17-7(18-15-5-2-9-12-15)19-16-6-3-10-13-16/h1-6H. The van der Waals surface area contributed by atoms with Crippen molar-refractivity contribution in [2.24, 2.45) is 0 Å². The van der Waals surface area contributed by atoms with Gasteiger partial charge in [-0.05, 0) is 15.6 Å². The van der Waals surface area contributed by atoms with Crippen LogP contribution in [-0.4, -0.2) is 52.8 Å². The van der Waals surface area contributed by atoms with Crippen LogP contribution in [0.2, 0.25) is 0 Å². The molecular weight excluding hydrogens is 257 g/mol. The van der Waals surface area contributed by atoms with Crippen LogP contribution >= 0.6 is 0 Å². The molecule has 0 fully saturated rings. The molecule has 0 bridgehead atoms. The van der Waals surface area contributed by atoms with Gasteiger partial charge in [-0.2, -0.15) is 0 Å². The molecule has 0 unspecified atom stereocenters. The van der Waals surface area contributed by atoms with E-state index in [0.717, 1.165) is 14.5 Å². The topological polar surface area (TPSA) is 120 Å².